The second-order valence-electron chi connectivity index (χ2n) is 4.82. The Morgan fingerprint density at radius 2 is 2.06 bits per heavy atom. The molecule has 17 heavy (non-hydrogen) atoms. The Bertz CT molecular complexity index is 445. The van der Waals surface area contributed by atoms with E-state index in [2.05, 4.69) is 15.9 Å². The SMILES string of the molecule is Cn1cc(Br)cc1C(=O)N1CC2CCC(C1)O2. The molecule has 2 atom stereocenters. The molecule has 0 aromatic carbocycles. The van der Waals surface area contributed by atoms with Crippen molar-refractivity contribution >= 4 is 21.8 Å². The Kier molecular flexibility index (Phi) is 2.75. The summed E-state index contributed by atoms with van der Waals surface area (Å²) in [6, 6.07) is 1.87. The molecule has 4 nitrogen and oxygen atoms in total. The lowest BCUT2D eigenvalue weighted by molar-refractivity contribution is -0.0306. The van der Waals surface area contributed by atoms with E-state index >= 15 is 0 Å². The lowest BCUT2D eigenvalue weighted by Gasteiger charge is -2.32. The van der Waals surface area contributed by atoms with Crippen LogP contribution in [0.25, 0.3) is 0 Å². The van der Waals surface area contributed by atoms with E-state index in [4.69, 9.17) is 4.74 Å². The molecular weight excluding hydrogens is 284 g/mol. The summed E-state index contributed by atoms with van der Waals surface area (Å²) in [6.45, 7) is 1.47. The van der Waals surface area contributed by atoms with Crippen molar-refractivity contribution in [3.63, 3.8) is 0 Å². The van der Waals surface area contributed by atoms with E-state index in [0.717, 1.165) is 36.1 Å². The Labute approximate surface area is 109 Å². The summed E-state index contributed by atoms with van der Waals surface area (Å²) < 4.78 is 8.55. The first kappa shape index (κ1) is 11.3. The van der Waals surface area contributed by atoms with Crippen molar-refractivity contribution in [2.45, 2.75) is 25.0 Å². The molecule has 3 heterocycles. The van der Waals surface area contributed by atoms with E-state index in [1.807, 2.05) is 28.8 Å². The molecule has 2 saturated heterocycles. The Morgan fingerprint density at radius 3 is 2.59 bits per heavy atom. The van der Waals surface area contributed by atoms with Crippen molar-refractivity contribution in [1.82, 2.24) is 9.47 Å². The maximum atomic E-state index is 12.4. The fourth-order valence-electron chi connectivity index (χ4n) is 2.68. The lowest BCUT2D eigenvalue weighted by atomic mass is 10.2. The molecule has 0 N–H and O–H groups in total. The van der Waals surface area contributed by atoms with Crippen molar-refractivity contribution in [2.24, 2.45) is 7.05 Å². The number of rotatable bonds is 1. The summed E-state index contributed by atoms with van der Waals surface area (Å²) in [7, 11) is 1.90. The summed E-state index contributed by atoms with van der Waals surface area (Å²) in [4.78, 5) is 14.3. The third kappa shape index (κ3) is 2.02. The molecular formula is C12H15BrN2O2. The van der Waals surface area contributed by atoms with Crippen molar-refractivity contribution < 1.29 is 9.53 Å². The molecule has 2 aliphatic heterocycles. The number of fused-ring (bicyclic) bond motifs is 2. The second kappa shape index (κ2) is 4.14. The first-order valence-electron chi connectivity index (χ1n) is 5.90. The van der Waals surface area contributed by atoms with Gasteiger partial charge < -0.3 is 14.2 Å². The maximum Gasteiger partial charge on any atom is 0.270 e. The number of carbonyl (C=O) groups is 1. The summed E-state index contributed by atoms with van der Waals surface area (Å²) in [5.41, 5.74) is 0.734. The number of amides is 1. The minimum absolute atomic E-state index is 0.110. The molecule has 2 fully saturated rings. The topological polar surface area (TPSA) is 34.5 Å². The zero-order chi connectivity index (χ0) is 12.0. The molecule has 0 spiro atoms. The fourth-order valence-corrected chi connectivity index (χ4v) is 3.20. The number of nitrogens with zero attached hydrogens (tertiary/aromatic N) is 2. The molecule has 92 valence electrons. The Hall–Kier alpha value is -0.810. The number of halogens is 1. The van der Waals surface area contributed by atoms with E-state index in [1.165, 1.54) is 0 Å². The lowest BCUT2D eigenvalue weighted by Crippen LogP contribution is -2.46. The van der Waals surface area contributed by atoms with E-state index in [9.17, 15) is 4.79 Å². The van der Waals surface area contributed by atoms with Crippen molar-refractivity contribution in [3.8, 4) is 0 Å². The van der Waals surface area contributed by atoms with Gasteiger partial charge in [-0.3, -0.25) is 4.79 Å². The second-order valence-corrected chi connectivity index (χ2v) is 5.74. The van der Waals surface area contributed by atoms with Crippen LogP contribution in [-0.4, -0.2) is 40.7 Å². The van der Waals surface area contributed by atoms with Crippen LogP contribution >= 0.6 is 15.9 Å². The van der Waals surface area contributed by atoms with Crippen LogP contribution in [0, 0.1) is 0 Å². The minimum atomic E-state index is 0.110. The Balaban J connectivity index is 1.80. The van der Waals surface area contributed by atoms with Gasteiger partial charge in [0, 0.05) is 30.8 Å². The molecule has 2 unspecified atom stereocenters. The first-order valence-corrected chi connectivity index (χ1v) is 6.69. The smallest absolute Gasteiger partial charge is 0.270 e. The number of aromatic nitrogens is 1. The quantitative estimate of drug-likeness (QED) is 0.792. The van der Waals surface area contributed by atoms with E-state index < -0.39 is 0 Å². The summed E-state index contributed by atoms with van der Waals surface area (Å²) >= 11 is 3.40. The highest BCUT2D eigenvalue weighted by Crippen LogP contribution is 2.27. The zero-order valence-corrected chi connectivity index (χ0v) is 11.3. The molecule has 0 aliphatic carbocycles. The Morgan fingerprint density at radius 1 is 1.41 bits per heavy atom. The van der Waals surface area contributed by atoms with Crippen LogP contribution in [-0.2, 0) is 11.8 Å². The number of likely N-dealkylation sites (tertiary alicyclic amines) is 1. The third-order valence-corrected chi connectivity index (χ3v) is 3.96. The number of hydrogen-bond acceptors (Lipinski definition) is 2. The third-order valence-electron chi connectivity index (χ3n) is 3.52. The molecule has 0 saturated carbocycles. The van der Waals surface area contributed by atoms with E-state index in [1.54, 1.807) is 0 Å². The van der Waals surface area contributed by atoms with Gasteiger partial charge in [-0.05, 0) is 34.8 Å². The van der Waals surface area contributed by atoms with E-state index in [-0.39, 0.29) is 18.1 Å². The molecule has 5 heteroatoms. The summed E-state index contributed by atoms with van der Waals surface area (Å²) in [6.07, 6.45) is 4.58. The van der Waals surface area contributed by atoms with Gasteiger partial charge in [-0.15, -0.1) is 0 Å². The van der Waals surface area contributed by atoms with Crippen molar-refractivity contribution in [3.05, 3.63) is 22.4 Å². The molecule has 3 rings (SSSR count). The summed E-state index contributed by atoms with van der Waals surface area (Å²) in [5, 5.41) is 0. The molecule has 1 amide bonds. The van der Waals surface area contributed by atoms with Gasteiger partial charge >= 0.3 is 0 Å². The number of carbonyl (C=O) groups excluding carboxylic acids is 1. The van der Waals surface area contributed by atoms with Crippen molar-refractivity contribution in [2.75, 3.05) is 13.1 Å². The fraction of sp³-hybridized carbons (Fsp3) is 0.583. The van der Waals surface area contributed by atoms with Crippen LogP contribution in [0.15, 0.2) is 16.7 Å². The predicted octanol–water partition coefficient (Wildman–Crippen LogP) is 1.79. The number of aryl methyl sites for hydroxylation is 1. The normalized spacial score (nSPS) is 27.5. The van der Waals surface area contributed by atoms with Gasteiger partial charge in [0.1, 0.15) is 5.69 Å². The van der Waals surface area contributed by atoms with Crippen LogP contribution in [0.4, 0.5) is 0 Å². The number of hydrogen-bond donors (Lipinski definition) is 0. The van der Waals surface area contributed by atoms with Gasteiger partial charge in [-0.25, -0.2) is 0 Å². The first-order chi connectivity index (χ1) is 8.13. The summed E-state index contributed by atoms with van der Waals surface area (Å²) in [5.74, 6) is 0.110. The van der Waals surface area contributed by atoms with Gasteiger partial charge in [0.05, 0.1) is 12.2 Å². The van der Waals surface area contributed by atoms with Crippen LogP contribution < -0.4 is 0 Å². The molecule has 1 aromatic rings. The largest absolute Gasteiger partial charge is 0.371 e. The average Bonchev–Trinajstić information content (AvgIpc) is 2.80. The van der Waals surface area contributed by atoms with Gasteiger partial charge in [0.15, 0.2) is 0 Å². The standard InChI is InChI=1S/C12H15BrN2O2/c1-14-5-8(13)4-11(14)12(16)15-6-9-2-3-10(7-15)17-9/h4-5,9-10H,2-3,6-7H2,1H3. The van der Waals surface area contributed by atoms with Crippen LogP contribution in [0.1, 0.15) is 23.3 Å². The molecule has 1 aromatic heterocycles. The average molecular weight is 299 g/mol. The number of morpholine rings is 1. The van der Waals surface area contributed by atoms with Crippen LogP contribution in [0.3, 0.4) is 0 Å². The highest BCUT2D eigenvalue weighted by molar-refractivity contribution is 9.10. The highest BCUT2D eigenvalue weighted by atomic mass is 79.9. The van der Waals surface area contributed by atoms with Crippen molar-refractivity contribution in [1.29, 1.82) is 0 Å². The van der Waals surface area contributed by atoms with E-state index in [0.29, 0.717) is 0 Å². The van der Waals surface area contributed by atoms with Gasteiger partial charge in [0.2, 0.25) is 0 Å². The van der Waals surface area contributed by atoms with Gasteiger partial charge in [-0.2, -0.15) is 0 Å². The molecule has 2 aliphatic rings. The zero-order valence-electron chi connectivity index (χ0n) is 9.73. The monoisotopic (exact) mass is 298 g/mol. The van der Waals surface area contributed by atoms with Gasteiger partial charge in [0.25, 0.3) is 5.91 Å². The maximum absolute atomic E-state index is 12.4. The molecule has 2 bridgehead atoms. The van der Waals surface area contributed by atoms with Gasteiger partial charge in [-0.1, -0.05) is 0 Å². The van der Waals surface area contributed by atoms with Crippen LogP contribution in [0.5, 0.6) is 0 Å². The highest BCUT2D eigenvalue weighted by Gasteiger charge is 2.36. The number of ether oxygens (including phenoxy) is 1. The molecule has 0 radical (unpaired) electrons. The van der Waals surface area contributed by atoms with Crippen LogP contribution in [0.2, 0.25) is 0 Å². The predicted molar refractivity (Wildman–Crippen MR) is 66.9 cm³/mol. The minimum Gasteiger partial charge on any atom is -0.371 e.